The molecule has 322 valence electrons. The van der Waals surface area contributed by atoms with Crippen LogP contribution in [0.15, 0.2) is 193 Å². The summed E-state index contributed by atoms with van der Waals surface area (Å²) in [7, 11) is 0. The Balaban J connectivity index is 1.02. The number of nitrogens with zero attached hydrogens (tertiary/aromatic N) is 5. The minimum atomic E-state index is -0.186. The van der Waals surface area contributed by atoms with E-state index in [0.717, 1.165) is 71.7 Å². The monoisotopic (exact) mass is 873 g/mol. The van der Waals surface area contributed by atoms with Crippen LogP contribution >= 0.6 is 0 Å². The molecule has 14 rings (SSSR count). The Bertz CT molecular complexity index is 4080. The van der Waals surface area contributed by atoms with Gasteiger partial charge < -0.3 is 4.42 Å². The van der Waals surface area contributed by atoms with Crippen LogP contribution in [-0.2, 0) is 10.8 Å². The molecule has 0 aliphatic heterocycles. The van der Waals surface area contributed by atoms with Crippen LogP contribution in [0.1, 0.15) is 49.9 Å². The van der Waals surface area contributed by atoms with Crippen LogP contribution < -0.4 is 0 Å². The standard InChI is InChI=1S/C62H43N5O/c1-61(2)49-19-11-8-16-41(49)44-30-37(22-26-51(44)61)38-24-28-54-46(31-38)47-33-52-45(42-17-9-12-20-50(42)62(52,3)4)34-55(47)67(54)60-65-58(39-25-29-57-48(32-39)43-18-10-13-21-56(43)68-57)64-59(66-60)40-23-27-53(63-35-40)36-14-6-5-7-15-36/h5-35H,1-4H3. The van der Waals surface area contributed by atoms with E-state index in [1.807, 2.05) is 60.8 Å². The smallest absolute Gasteiger partial charge is 0.238 e. The van der Waals surface area contributed by atoms with Gasteiger partial charge in [0.15, 0.2) is 11.6 Å². The van der Waals surface area contributed by atoms with Crippen LogP contribution in [0.4, 0.5) is 0 Å². The lowest BCUT2D eigenvalue weighted by molar-refractivity contribution is 0.660. The molecule has 0 radical (unpaired) electrons. The third kappa shape index (κ3) is 5.58. The fourth-order valence-electron chi connectivity index (χ4n) is 11.4. The Morgan fingerprint density at radius 2 is 0.971 bits per heavy atom. The average molecular weight is 874 g/mol. The molecule has 6 heteroatoms. The molecule has 12 aromatic rings. The minimum absolute atomic E-state index is 0.0626. The van der Waals surface area contributed by atoms with E-state index in [0.29, 0.717) is 17.6 Å². The lowest BCUT2D eigenvalue weighted by Crippen LogP contribution is -2.14. The van der Waals surface area contributed by atoms with E-state index in [2.05, 4.69) is 160 Å². The molecule has 0 fully saturated rings. The van der Waals surface area contributed by atoms with E-state index in [-0.39, 0.29) is 10.8 Å². The summed E-state index contributed by atoms with van der Waals surface area (Å²) in [6.07, 6.45) is 1.87. The fourth-order valence-corrected chi connectivity index (χ4v) is 11.4. The van der Waals surface area contributed by atoms with Crippen molar-refractivity contribution in [1.29, 1.82) is 0 Å². The largest absolute Gasteiger partial charge is 0.456 e. The van der Waals surface area contributed by atoms with Gasteiger partial charge >= 0.3 is 0 Å². The fraction of sp³-hybridized carbons (Fsp3) is 0.0968. The number of aromatic nitrogens is 5. The summed E-state index contributed by atoms with van der Waals surface area (Å²) < 4.78 is 8.51. The first-order valence-electron chi connectivity index (χ1n) is 23.4. The Hall–Kier alpha value is -8.48. The number of furan rings is 1. The molecule has 2 aliphatic carbocycles. The highest BCUT2D eigenvalue weighted by Gasteiger charge is 2.37. The number of fused-ring (bicyclic) bond motifs is 12. The van der Waals surface area contributed by atoms with Gasteiger partial charge in [-0.3, -0.25) is 9.55 Å². The Labute approximate surface area is 393 Å². The Morgan fingerprint density at radius 3 is 1.75 bits per heavy atom. The van der Waals surface area contributed by atoms with Gasteiger partial charge in [-0.15, -0.1) is 0 Å². The molecule has 0 unspecified atom stereocenters. The molecule has 0 N–H and O–H groups in total. The zero-order valence-electron chi connectivity index (χ0n) is 38.0. The van der Waals surface area contributed by atoms with Crippen LogP contribution in [-0.4, -0.2) is 24.5 Å². The lowest BCUT2D eigenvalue weighted by atomic mass is 9.82. The Morgan fingerprint density at radius 1 is 0.382 bits per heavy atom. The molecule has 0 amide bonds. The third-order valence-electron chi connectivity index (χ3n) is 14.9. The summed E-state index contributed by atoms with van der Waals surface area (Å²) in [5, 5.41) is 4.34. The van der Waals surface area contributed by atoms with Crippen molar-refractivity contribution in [3.63, 3.8) is 0 Å². The first-order valence-corrected chi connectivity index (χ1v) is 23.4. The summed E-state index contributed by atoms with van der Waals surface area (Å²) in [6, 6.07) is 65.1. The topological polar surface area (TPSA) is 69.6 Å². The van der Waals surface area contributed by atoms with Gasteiger partial charge in [-0.25, -0.2) is 4.98 Å². The van der Waals surface area contributed by atoms with Crippen LogP contribution in [0.2, 0.25) is 0 Å². The predicted octanol–water partition coefficient (Wildman–Crippen LogP) is 15.5. The van der Waals surface area contributed by atoms with E-state index >= 15 is 0 Å². The van der Waals surface area contributed by atoms with E-state index < -0.39 is 0 Å². The normalized spacial score (nSPS) is 14.1. The zero-order valence-corrected chi connectivity index (χ0v) is 38.0. The van der Waals surface area contributed by atoms with Gasteiger partial charge in [-0.05, 0) is 122 Å². The number of hydrogen-bond acceptors (Lipinski definition) is 5. The van der Waals surface area contributed by atoms with Crippen LogP contribution in [0.3, 0.4) is 0 Å². The second kappa shape index (κ2) is 14.0. The van der Waals surface area contributed by atoms with Crippen molar-refractivity contribution in [3.05, 3.63) is 210 Å². The molecule has 2 aliphatic rings. The van der Waals surface area contributed by atoms with Crippen molar-refractivity contribution >= 4 is 43.7 Å². The molecule has 0 bridgehead atoms. The highest BCUT2D eigenvalue weighted by molar-refractivity contribution is 6.12. The van der Waals surface area contributed by atoms with E-state index in [9.17, 15) is 0 Å². The van der Waals surface area contributed by atoms with Crippen molar-refractivity contribution in [1.82, 2.24) is 24.5 Å². The number of para-hydroxylation sites is 1. The van der Waals surface area contributed by atoms with Gasteiger partial charge in [0.2, 0.25) is 5.95 Å². The number of rotatable bonds is 5. The second-order valence-electron chi connectivity index (χ2n) is 19.5. The van der Waals surface area contributed by atoms with Gasteiger partial charge in [0, 0.05) is 55.3 Å². The maximum absolute atomic E-state index is 6.26. The SMILES string of the molecule is CC1(C)c2ccccc2-c2cc(-c3ccc4c(c3)c3cc5c(cc3n4-c3nc(-c4ccc(-c6ccccc6)nc4)nc(-c4ccc6oc7ccccc7c6c4)n3)-c3ccccc3C5(C)C)ccc21. The third-order valence-corrected chi connectivity index (χ3v) is 14.9. The molecule has 4 heterocycles. The number of benzene rings is 8. The zero-order chi connectivity index (χ0) is 45.5. The van der Waals surface area contributed by atoms with Gasteiger partial charge in [0.1, 0.15) is 11.2 Å². The molecular weight excluding hydrogens is 831 g/mol. The van der Waals surface area contributed by atoms with Gasteiger partial charge in [-0.1, -0.05) is 143 Å². The quantitative estimate of drug-likeness (QED) is 0.172. The minimum Gasteiger partial charge on any atom is -0.456 e. The molecule has 4 aromatic heterocycles. The van der Waals surface area contributed by atoms with Crippen LogP contribution in [0, 0.1) is 0 Å². The highest BCUT2D eigenvalue weighted by Crippen LogP contribution is 2.52. The van der Waals surface area contributed by atoms with E-state index in [4.69, 9.17) is 24.4 Å². The summed E-state index contributed by atoms with van der Waals surface area (Å²) in [4.78, 5) is 20.9. The highest BCUT2D eigenvalue weighted by atomic mass is 16.3. The van der Waals surface area contributed by atoms with Crippen molar-refractivity contribution in [2.45, 2.75) is 38.5 Å². The van der Waals surface area contributed by atoms with E-state index in [1.165, 1.54) is 50.1 Å². The van der Waals surface area contributed by atoms with E-state index in [1.54, 1.807) is 0 Å². The maximum atomic E-state index is 6.26. The summed E-state index contributed by atoms with van der Waals surface area (Å²) in [6.45, 7) is 9.37. The van der Waals surface area contributed by atoms with Gasteiger partial charge in [0.05, 0.1) is 16.7 Å². The first kappa shape index (κ1) is 38.8. The molecule has 68 heavy (non-hydrogen) atoms. The molecule has 0 saturated carbocycles. The summed E-state index contributed by atoms with van der Waals surface area (Å²) >= 11 is 0. The van der Waals surface area contributed by atoms with Gasteiger partial charge in [-0.2, -0.15) is 9.97 Å². The van der Waals surface area contributed by atoms with Crippen LogP contribution in [0.5, 0.6) is 0 Å². The molecule has 0 spiro atoms. The number of pyridine rings is 1. The predicted molar refractivity (Wildman–Crippen MR) is 276 cm³/mol. The lowest BCUT2D eigenvalue weighted by Gasteiger charge is -2.21. The molecule has 8 aromatic carbocycles. The molecule has 0 saturated heterocycles. The number of hydrogen-bond donors (Lipinski definition) is 0. The van der Waals surface area contributed by atoms with Crippen molar-refractivity contribution < 1.29 is 4.42 Å². The summed E-state index contributed by atoms with van der Waals surface area (Å²) in [5.41, 5.74) is 19.9. The Kier molecular flexibility index (Phi) is 7.99. The first-order chi connectivity index (χ1) is 33.2. The van der Waals surface area contributed by atoms with Crippen molar-refractivity contribution in [2.24, 2.45) is 0 Å². The van der Waals surface area contributed by atoms with Gasteiger partial charge in [0.25, 0.3) is 0 Å². The second-order valence-corrected chi connectivity index (χ2v) is 19.5. The average Bonchev–Trinajstić information content (AvgIpc) is 4.06. The molecule has 6 nitrogen and oxygen atoms in total. The van der Waals surface area contributed by atoms with Crippen LogP contribution in [0.25, 0.3) is 117 Å². The van der Waals surface area contributed by atoms with Crippen molar-refractivity contribution in [3.8, 4) is 73.4 Å². The summed E-state index contributed by atoms with van der Waals surface area (Å²) in [5.74, 6) is 1.63. The maximum Gasteiger partial charge on any atom is 0.238 e. The molecular formula is C62H43N5O. The van der Waals surface area contributed by atoms with Crippen molar-refractivity contribution in [2.75, 3.05) is 0 Å². The molecule has 0 atom stereocenters.